The molecule has 1 rings (SSSR count). The van der Waals surface area contributed by atoms with Crippen molar-refractivity contribution in [2.24, 2.45) is 0 Å². The summed E-state index contributed by atoms with van der Waals surface area (Å²) in [5, 5.41) is 0. The first-order valence-electron chi connectivity index (χ1n) is 4.88. The number of ether oxygens (including phenoxy) is 1. The molecule has 88 valence electrons. The first kappa shape index (κ1) is 12.1. The third-order valence-electron chi connectivity index (χ3n) is 2.15. The van der Waals surface area contributed by atoms with E-state index in [2.05, 4.69) is 9.72 Å². The van der Waals surface area contributed by atoms with Crippen LogP contribution in [0.4, 0.5) is 5.69 Å². The van der Waals surface area contributed by atoms with Gasteiger partial charge in [-0.3, -0.25) is 9.59 Å². The third kappa shape index (κ3) is 2.75. The highest BCUT2D eigenvalue weighted by Gasteiger charge is 2.18. The van der Waals surface area contributed by atoms with E-state index in [0.29, 0.717) is 17.9 Å². The molecule has 0 radical (unpaired) electrons. The van der Waals surface area contributed by atoms with Gasteiger partial charge in [-0.25, -0.2) is 0 Å². The molecule has 0 atom stereocenters. The number of anilines is 1. The van der Waals surface area contributed by atoms with E-state index in [-0.39, 0.29) is 12.5 Å². The van der Waals surface area contributed by atoms with Crippen LogP contribution in [0.1, 0.15) is 17.4 Å². The maximum atomic E-state index is 11.9. The van der Waals surface area contributed by atoms with Crippen LogP contribution in [0.5, 0.6) is 0 Å². The Labute approximate surface area is 93.4 Å². The number of nitrogens with two attached hydrogens (primary N) is 1. The molecule has 6 nitrogen and oxygen atoms in total. The van der Waals surface area contributed by atoms with E-state index in [4.69, 9.17) is 5.73 Å². The first-order chi connectivity index (χ1) is 7.58. The smallest absolute Gasteiger partial charge is 0.325 e. The number of nitrogens with zero attached hydrogens (tertiary/aromatic N) is 1. The van der Waals surface area contributed by atoms with Gasteiger partial charge in [-0.15, -0.1) is 0 Å². The maximum Gasteiger partial charge on any atom is 0.325 e. The van der Waals surface area contributed by atoms with Gasteiger partial charge in [0.2, 0.25) is 0 Å². The zero-order chi connectivity index (χ0) is 12.1. The molecule has 6 heteroatoms. The largest absolute Gasteiger partial charge is 0.468 e. The molecule has 0 aromatic carbocycles. The monoisotopic (exact) mass is 225 g/mol. The number of amides is 1. The molecular formula is C10H15N3O3. The van der Waals surface area contributed by atoms with E-state index in [1.54, 1.807) is 6.92 Å². The lowest BCUT2D eigenvalue weighted by atomic mass is 10.3. The highest BCUT2D eigenvalue weighted by Crippen LogP contribution is 2.08. The second-order valence-corrected chi connectivity index (χ2v) is 3.24. The van der Waals surface area contributed by atoms with Gasteiger partial charge in [0.05, 0.1) is 7.11 Å². The molecule has 1 amide bonds. The van der Waals surface area contributed by atoms with Gasteiger partial charge in [0.15, 0.2) is 0 Å². The van der Waals surface area contributed by atoms with Crippen LogP contribution in [0.15, 0.2) is 12.3 Å². The number of nitrogens with one attached hydrogen (secondary N) is 1. The summed E-state index contributed by atoms with van der Waals surface area (Å²) in [6, 6.07) is 1.53. The van der Waals surface area contributed by atoms with Crippen LogP contribution in [-0.2, 0) is 9.53 Å². The quantitative estimate of drug-likeness (QED) is 0.718. The first-order valence-corrected chi connectivity index (χ1v) is 4.88. The summed E-state index contributed by atoms with van der Waals surface area (Å²) < 4.78 is 4.51. The van der Waals surface area contributed by atoms with E-state index >= 15 is 0 Å². The molecule has 0 unspecified atom stereocenters. The fraction of sp³-hybridized carbons (Fsp3) is 0.400. The minimum absolute atomic E-state index is 0.0647. The van der Waals surface area contributed by atoms with Crippen molar-refractivity contribution >= 4 is 17.6 Å². The molecule has 0 aliphatic rings. The van der Waals surface area contributed by atoms with Crippen molar-refractivity contribution in [2.45, 2.75) is 6.92 Å². The summed E-state index contributed by atoms with van der Waals surface area (Å²) in [5.41, 5.74) is 6.34. The lowest BCUT2D eigenvalue weighted by Crippen LogP contribution is -2.36. The predicted molar refractivity (Wildman–Crippen MR) is 58.8 cm³/mol. The Kier molecular flexibility index (Phi) is 3.93. The van der Waals surface area contributed by atoms with Crippen molar-refractivity contribution in [2.75, 3.05) is 25.9 Å². The van der Waals surface area contributed by atoms with Crippen LogP contribution in [0.25, 0.3) is 0 Å². The van der Waals surface area contributed by atoms with E-state index in [1.165, 1.54) is 24.3 Å². The standard InChI is InChI=1S/C10H15N3O3/c1-3-13(6-9(14)16-2)10(15)8-4-7(11)5-12-8/h4-5,12H,3,6,11H2,1-2H3. The zero-order valence-electron chi connectivity index (χ0n) is 9.32. The van der Waals surface area contributed by atoms with Crippen LogP contribution in [0.2, 0.25) is 0 Å². The molecule has 0 spiro atoms. The fourth-order valence-electron chi connectivity index (χ4n) is 1.25. The Morgan fingerprint density at radius 2 is 2.25 bits per heavy atom. The number of nitrogen functional groups attached to an aromatic ring is 1. The molecule has 0 fully saturated rings. The van der Waals surface area contributed by atoms with Crippen molar-refractivity contribution in [3.63, 3.8) is 0 Å². The fourth-order valence-corrected chi connectivity index (χ4v) is 1.25. The molecule has 1 aromatic heterocycles. The average molecular weight is 225 g/mol. The zero-order valence-corrected chi connectivity index (χ0v) is 9.32. The van der Waals surface area contributed by atoms with Crippen LogP contribution in [-0.4, -0.2) is 42.0 Å². The van der Waals surface area contributed by atoms with E-state index in [1.807, 2.05) is 0 Å². The van der Waals surface area contributed by atoms with Crippen LogP contribution in [0.3, 0.4) is 0 Å². The number of hydrogen-bond donors (Lipinski definition) is 2. The highest BCUT2D eigenvalue weighted by atomic mass is 16.5. The van der Waals surface area contributed by atoms with E-state index in [9.17, 15) is 9.59 Å². The van der Waals surface area contributed by atoms with Gasteiger partial charge >= 0.3 is 5.97 Å². The Morgan fingerprint density at radius 3 is 2.69 bits per heavy atom. The lowest BCUT2D eigenvalue weighted by molar-refractivity contribution is -0.141. The number of aromatic amines is 1. The molecule has 0 saturated carbocycles. The Balaban J connectivity index is 2.73. The Hall–Kier alpha value is -1.98. The highest BCUT2D eigenvalue weighted by molar-refractivity contribution is 5.95. The summed E-state index contributed by atoms with van der Waals surface area (Å²) in [5.74, 6) is -0.723. The Morgan fingerprint density at radius 1 is 1.56 bits per heavy atom. The summed E-state index contributed by atoms with van der Waals surface area (Å²) in [4.78, 5) is 27.1. The SMILES string of the molecule is CCN(CC(=O)OC)C(=O)c1cc(N)c[nH]1. The van der Waals surface area contributed by atoms with Crippen molar-refractivity contribution in [3.8, 4) is 0 Å². The average Bonchev–Trinajstić information content (AvgIpc) is 2.71. The number of likely N-dealkylation sites (N-methyl/N-ethyl adjacent to an activating group) is 1. The van der Waals surface area contributed by atoms with Crippen LogP contribution in [0, 0.1) is 0 Å². The second kappa shape index (κ2) is 5.20. The summed E-state index contributed by atoms with van der Waals surface area (Å²) in [6.45, 7) is 2.14. The van der Waals surface area contributed by atoms with E-state index in [0.717, 1.165) is 0 Å². The minimum atomic E-state index is -0.449. The van der Waals surface area contributed by atoms with Crippen LogP contribution < -0.4 is 5.73 Å². The number of carbonyl (C=O) groups is 2. The number of methoxy groups -OCH3 is 1. The molecule has 0 bridgehead atoms. The number of esters is 1. The molecular weight excluding hydrogens is 210 g/mol. The van der Waals surface area contributed by atoms with Gasteiger partial charge in [0, 0.05) is 18.4 Å². The third-order valence-corrected chi connectivity index (χ3v) is 2.15. The number of H-pyrrole nitrogens is 1. The van der Waals surface area contributed by atoms with Gasteiger partial charge in [0.1, 0.15) is 12.2 Å². The lowest BCUT2D eigenvalue weighted by Gasteiger charge is -2.18. The van der Waals surface area contributed by atoms with E-state index < -0.39 is 5.97 Å². The van der Waals surface area contributed by atoms with Crippen molar-refractivity contribution in [1.29, 1.82) is 0 Å². The molecule has 3 N–H and O–H groups in total. The molecule has 16 heavy (non-hydrogen) atoms. The second-order valence-electron chi connectivity index (χ2n) is 3.24. The van der Waals surface area contributed by atoms with Crippen LogP contribution >= 0.6 is 0 Å². The number of hydrogen-bond acceptors (Lipinski definition) is 4. The number of rotatable bonds is 4. The van der Waals surface area contributed by atoms with Gasteiger partial charge in [-0.05, 0) is 13.0 Å². The molecule has 0 saturated heterocycles. The molecule has 1 heterocycles. The number of carbonyl (C=O) groups excluding carboxylic acids is 2. The summed E-state index contributed by atoms with van der Waals surface area (Å²) >= 11 is 0. The van der Waals surface area contributed by atoms with Crippen molar-refractivity contribution in [3.05, 3.63) is 18.0 Å². The van der Waals surface area contributed by atoms with Gasteiger partial charge in [-0.2, -0.15) is 0 Å². The van der Waals surface area contributed by atoms with Gasteiger partial charge in [-0.1, -0.05) is 0 Å². The van der Waals surface area contributed by atoms with Gasteiger partial charge < -0.3 is 20.4 Å². The molecule has 0 aliphatic heterocycles. The van der Waals surface area contributed by atoms with Gasteiger partial charge in [0.25, 0.3) is 5.91 Å². The Bertz CT molecular complexity index is 386. The predicted octanol–water partition coefficient (Wildman–Crippen LogP) is 0.232. The maximum absolute atomic E-state index is 11.9. The molecule has 1 aromatic rings. The minimum Gasteiger partial charge on any atom is -0.468 e. The number of aromatic nitrogens is 1. The summed E-state index contributed by atoms with van der Waals surface area (Å²) in [6.07, 6.45) is 1.53. The normalized spacial score (nSPS) is 9.88. The molecule has 0 aliphatic carbocycles. The topological polar surface area (TPSA) is 88.4 Å². The van der Waals surface area contributed by atoms with Crippen molar-refractivity contribution < 1.29 is 14.3 Å². The van der Waals surface area contributed by atoms with Crippen molar-refractivity contribution in [1.82, 2.24) is 9.88 Å². The summed E-state index contributed by atoms with van der Waals surface area (Å²) in [7, 11) is 1.28.